The Morgan fingerprint density at radius 2 is 1.35 bits per heavy atom. The minimum Gasteiger partial charge on any atom is -0.368 e. The zero-order valence-corrected chi connectivity index (χ0v) is 19.5. The molecule has 0 atom stereocenters. The topological polar surface area (TPSA) is 43.9 Å². The number of aryl methyl sites for hydroxylation is 1. The van der Waals surface area contributed by atoms with E-state index in [1.807, 2.05) is 60.7 Å². The molecule has 0 radical (unpaired) electrons. The summed E-state index contributed by atoms with van der Waals surface area (Å²) < 4.78 is 0. The first-order valence-electron chi connectivity index (χ1n) is 11.9. The van der Waals surface area contributed by atoms with Crippen molar-refractivity contribution in [2.24, 2.45) is 0 Å². The summed E-state index contributed by atoms with van der Waals surface area (Å²) in [5.74, 6) is -0.368. The van der Waals surface area contributed by atoms with Crippen LogP contribution in [-0.2, 0) is 16.0 Å². The molecule has 3 aromatic rings. The SMILES string of the molecule is Cc1cccc(N2CCN(C3=C(c4ccccc4)C(=O)N(CCc4ccccc4)C3=O)CC2)c1. The van der Waals surface area contributed by atoms with Crippen LogP contribution in [0.2, 0.25) is 0 Å². The van der Waals surface area contributed by atoms with Crippen LogP contribution in [0.15, 0.2) is 90.6 Å². The van der Waals surface area contributed by atoms with Crippen molar-refractivity contribution in [2.45, 2.75) is 13.3 Å². The monoisotopic (exact) mass is 451 g/mol. The Kier molecular flexibility index (Phi) is 6.17. The van der Waals surface area contributed by atoms with Crippen molar-refractivity contribution in [3.8, 4) is 0 Å². The number of imide groups is 1. The van der Waals surface area contributed by atoms with Gasteiger partial charge in [0, 0.05) is 38.4 Å². The van der Waals surface area contributed by atoms with Crippen LogP contribution in [0.4, 0.5) is 5.69 Å². The van der Waals surface area contributed by atoms with E-state index in [2.05, 4.69) is 41.0 Å². The third-order valence-electron chi connectivity index (χ3n) is 6.64. The predicted octanol–water partition coefficient (Wildman–Crippen LogP) is 4.14. The van der Waals surface area contributed by atoms with Crippen molar-refractivity contribution >= 4 is 23.1 Å². The van der Waals surface area contributed by atoms with Crippen LogP contribution in [0.5, 0.6) is 0 Å². The largest absolute Gasteiger partial charge is 0.368 e. The lowest BCUT2D eigenvalue weighted by atomic mass is 10.0. The molecular weight excluding hydrogens is 422 g/mol. The molecule has 0 aliphatic carbocycles. The molecule has 1 fully saturated rings. The Labute approximate surface area is 200 Å². The van der Waals surface area contributed by atoms with Crippen molar-refractivity contribution in [3.63, 3.8) is 0 Å². The number of hydrogen-bond acceptors (Lipinski definition) is 4. The molecule has 0 N–H and O–H groups in total. The molecule has 1 saturated heterocycles. The highest BCUT2D eigenvalue weighted by atomic mass is 16.2. The number of carbonyl (C=O) groups excluding carboxylic acids is 2. The van der Waals surface area contributed by atoms with Gasteiger partial charge in [0.05, 0.1) is 5.57 Å². The molecule has 0 bridgehead atoms. The Morgan fingerprint density at radius 3 is 2.03 bits per heavy atom. The third kappa shape index (κ3) is 4.34. The Hall–Kier alpha value is -3.86. The van der Waals surface area contributed by atoms with Gasteiger partial charge in [0.15, 0.2) is 0 Å². The molecule has 0 unspecified atom stereocenters. The standard InChI is InChI=1S/C29H29N3O2/c1-22-9-8-14-25(21-22)30-17-19-31(20-18-30)27-26(24-12-6-3-7-13-24)28(33)32(29(27)34)16-15-23-10-4-2-5-11-23/h2-14,21H,15-20H2,1H3. The summed E-state index contributed by atoms with van der Waals surface area (Å²) in [7, 11) is 0. The zero-order chi connectivity index (χ0) is 23.5. The highest BCUT2D eigenvalue weighted by molar-refractivity contribution is 6.35. The lowest BCUT2D eigenvalue weighted by molar-refractivity contribution is -0.137. The Morgan fingerprint density at radius 1 is 0.706 bits per heavy atom. The molecular formula is C29H29N3O2. The van der Waals surface area contributed by atoms with Crippen LogP contribution in [0.1, 0.15) is 16.7 Å². The summed E-state index contributed by atoms with van der Waals surface area (Å²) >= 11 is 0. The molecule has 2 amide bonds. The van der Waals surface area contributed by atoms with E-state index in [0.29, 0.717) is 37.3 Å². The minimum atomic E-state index is -0.191. The van der Waals surface area contributed by atoms with Crippen molar-refractivity contribution in [1.29, 1.82) is 0 Å². The highest BCUT2D eigenvalue weighted by Crippen LogP contribution is 2.32. The first-order valence-corrected chi connectivity index (χ1v) is 11.9. The van der Waals surface area contributed by atoms with Crippen molar-refractivity contribution < 1.29 is 9.59 Å². The van der Waals surface area contributed by atoms with Crippen molar-refractivity contribution in [1.82, 2.24) is 9.80 Å². The second kappa shape index (κ2) is 9.56. The molecule has 0 spiro atoms. The molecule has 3 aromatic carbocycles. The van der Waals surface area contributed by atoms with Crippen LogP contribution in [0.3, 0.4) is 0 Å². The van der Waals surface area contributed by atoms with Crippen molar-refractivity contribution in [2.75, 3.05) is 37.6 Å². The Bertz CT molecular complexity index is 1210. The fraction of sp³-hybridized carbons (Fsp3) is 0.241. The van der Waals surface area contributed by atoms with Gasteiger partial charge in [-0.05, 0) is 42.2 Å². The summed E-state index contributed by atoms with van der Waals surface area (Å²) in [6.45, 7) is 5.49. The highest BCUT2D eigenvalue weighted by Gasteiger charge is 2.41. The number of anilines is 1. The first-order chi connectivity index (χ1) is 16.6. The zero-order valence-electron chi connectivity index (χ0n) is 19.5. The summed E-state index contributed by atoms with van der Waals surface area (Å²) in [6, 6.07) is 28.1. The van der Waals surface area contributed by atoms with Crippen LogP contribution >= 0.6 is 0 Å². The number of carbonyl (C=O) groups is 2. The first kappa shape index (κ1) is 22.0. The summed E-state index contributed by atoms with van der Waals surface area (Å²) in [5, 5.41) is 0. The molecule has 34 heavy (non-hydrogen) atoms. The lowest BCUT2D eigenvalue weighted by Crippen LogP contribution is -2.47. The number of amides is 2. The van der Waals surface area contributed by atoms with Gasteiger partial charge < -0.3 is 9.80 Å². The smallest absolute Gasteiger partial charge is 0.277 e. The maximum absolute atomic E-state index is 13.6. The van der Waals surface area contributed by atoms with Crippen LogP contribution < -0.4 is 4.90 Å². The summed E-state index contributed by atoms with van der Waals surface area (Å²) in [6.07, 6.45) is 0.648. The lowest BCUT2D eigenvalue weighted by Gasteiger charge is -2.37. The van der Waals surface area contributed by atoms with Crippen LogP contribution in [-0.4, -0.2) is 54.3 Å². The molecule has 2 heterocycles. The van der Waals surface area contributed by atoms with E-state index in [1.165, 1.54) is 16.2 Å². The van der Waals surface area contributed by atoms with E-state index in [-0.39, 0.29) is 11.8 Å². The van der Waals surface area contributed by atoms with Crippen LogP contribution in [0.25, 0.3) is 5.57 Å². The summed E-state index contributed by atoms with van der Waals surface area (Å²) in [4.78, 5) is 33.0. The molecule has 5 nitrogen and oxygen atoms in total. The van der Waals surface area contributed by atoms with Gasteiger partial charge in [0.25, 0.3) is 11.8 Å². The predicted molar refractivity (Wildman–Crippen MR) is 135 cm³/mol. The van der Waals surface area contributed by atoms with Gasteiger partial charge in [-0.25, -0.2) is 0 Å². The maximum atomic E-state index is 13.6. The minimum absolute atomic E-state index is 0.177. The fourth-order valence-corrected chi connectivity index (χ4v) is 4.82. The second-order valence-corrected chi connectivity index (χ2v) is 8.90. The molecule has 5 rings (SSSR count). The van der Waals surface area contributed by atoms with E-state index >= 15 is 0 Å². The average Bonchev–Trinajstić information content (AvgIpc) is 3.13. The molecule has 2 aliphatic rings. The van der Waals surface area contributed by atoms with E-state index in [1.54, 1.807) is 0 Å². The van der Waals surface area contributed by atoms with Gasteiger partial charge in [-0.3, -0.25) is 14.5 Å². The summed E-state index contributed by atoms with van der Waals surface area (Å²) in [5.41, 5.74) is 5.44. The number of rotatable bonds is 6. The quantitative estimate of drug-likeness (QED) is 0.529. The van der Waals surface area contributed by atoms with Gasteiger partial charge in [-0.1, -0.05) is 72.8 Å². The Balaban J connectivity index is 1.39. The molecule has 0 saturated carbocycles. The van der Waals surface area contributed by atoms with Crippen LogP contribution in [0, 0.1) is 6.92 Å². The number of piperazine rings is 1. The number of hydrogen-bond donors (Lipinski definition) is 0. The van der Waals surface area contributed by atoms with E-state index in [0.717, 1.165) is 24.2 Å². The van der Waals surface area contributed by atoms with Gasteiger partial charge >= 0.3 is 0 Å². The number of nitrogens with zero attached hydrogens (tertiary/aromatic N) is 3. The normalized spacial score (nSPS) is 16.6. The second-order valence-electron chi connectivity index (χ2n) is 8.90. The van der Waals surface area contributed by atoms with Crippen molar-refractivity contribution in [3.05, 3.63) is 107 Å². The molecule has 5 heteroatoms. The van der Waals surface area contributed by atoms with Gasteiger partial charge in [0.1, 0.15) is 5.70 Å². The number of benzene rings is 3. The fourth-order valence-electron chi connectivity index (χ4n) is 4.82. The van der Waals surface area contributed by atoms with Gasteiger partial charge in [-0.15, -0.1) is 0 Å². The van der Waals surface area contributed by atoms with E-state index in [9.17, 15) is 9.59 Å². The third-order valence-corrected chi connectivity index (χ3v) is 6.64. The maximum Gasteiger partial charge on any atom is 0.277 e. The average molecular weight is 452 g/mol. The molecule has 2 aliphatic heterocycles. The van der Waals surface area contributed by atoms with E-state index in [4.69, 9.17) is 0 Å². The van der Waals surface area contributed by atoms with Gasteiger partial charge in [-0.2, -0.15) is 0 Å². The van der Waals surface area contributed by atoms with Gasteiger partial charge in [0.2, 0.25) is 0 Å². The molecule has 172 valence electrons. The van der Waals surface area contributed by atoms with E-state index < -0.39 is 0 Å². The molecule has 0 aromatic heterocycles.